The quantitative estimate of drug-likeness (QED) is 0.709. The minimum absolute atomic E-state index is 0.0158. The summed E-state index contributed by atoms with van der Waals surface area (Å²) in [7, 11) is 1.62. The number of hydrogen-bond acceptors (Lipinski definition) is 4. The van der Waals surface area contributed by atoms with Gasteiger partial charge in [-0.05, 0) is 51.2 Å². The number of aryl methyl sites for hydroxylation is 1. The van der Waals surface area contributed by atoms with Crippen molar-refractivity contribution in [3.63, 3.8) is 0 Å². The highest BCUT2D eigenvalue weighted by Gasteiger charge is 2.27. The third-order valence-corrected chi connectivity index (χ3v) is 4.43. The smallest absolute Gasteiger partial charge is 0.315 e. The predicted octanol–water partition coefficient (Wildman–Crippen LogP) is 2.61. The lowest BCUT2D eigenvalue weighted by Gasteiger charge is -2.27. The van der Waals surface area contributed by atoms with Crippen LogP contribution in [0.5, 0.6) is 0 Å². The number of carboxylic acids is 1. The molecule has 1 heterocycles. The number of carbonyl (C=O) groups excluding carboxylic acids is 1. The molecule has 7 nitrogen and oxygen atoms in total. The van der Waals surface area contributed by atoms with Crippen LogP contribution in [0.25, 0.3) is 0 Å². The molecule has 3 N–H and O–H groups in total. The van der Waals surface area contributed by atoms with E-state index < -0.39 is 5.97 Å². The van der Waals surface area contributed by atoms with Crippen LogP contribution in [0.3, 0.4) is 0 Å². The van der Waals surface area contributed by atoms with Gasteiger partial charge in [-0.15, -0.1) is 0 Å². The minimum Gasteiger partial charge on any atom is -0.481 e. The van der Waals surface area contributed by atoms with Gasteiger partial charge in [0.05, 0.1) is 12.0 Å². The molecule has 0 aromatic carbocycles. The molecule has 7 heteroatoms. The molecule has 1 unspecified atom stereocenters. The number of nitrogens with one attached hydrogen (secondary N) is 2. The van der Waals surface area contributed by atoms with Crippen LogP contribution in [0.4, 0.5) is 4.79 Å². The third kappa shape index (κ3) is 5.26. The highest BCUT2D eigenvalue weighted by atomic mass is 16.5. The average Bonchev–Trinajstić information content (AvgIpc) is 2.98. The Hall–Kier alpha value is -2.02. The zero-order valence-corrected chi connectivity index (χ0v) is 14.2. The second kappa shape index (κ2) is 8.73. The van der Waals surface area contributed by atoms with Gasteiger partial charge in [0.2, 0.25) is 0 Å². The summed E-state index contributed by atoms with van der Waals surface area (Å²) in [6, 6.07) is 3.22. The summed E-state index contributed by atoms with van der Waals surface area (Å²) in [4.78, 5) is 23.2. The van der Waals surface area contributed by atoms with Gasteiger partial charge in [-0.2, -0.15) is 0 Å². The zero-order valence-electron chi connectivity index (χ0n) is 14.2. The molecule has 0 aliphatic heterocycles. The summed E-state index contributed by atoms with van der Waals surface area (Å²) in [5.74, 6) is 0.466. The third-order valence-electron chi connectivity index (χ3n) is 4.43. The maximum Gasteiger partial charge on any atom is 0.315 e. The molecule has 1 aromatic heterocycles. The van der Waals surface area contributed by atoms with E-state index in [1.54, 1.807) is 7.11 Å². The molecule has 1 atom stereocenters. The number of rotatable bonds is 7. The van der Waals surface area contributed by atoms with Crippen LogP contribution in [-0.4, -0.2) is 36.9 Å². The molecule has 0 radical (unpaired) electrons. The molecule has 0 spiro atoms. The molecule has 24 heavy (non-hydrogen) atoms. The molecule has 1 aliphatic carbocycles. The van der Waals surface area contributed by atoms with Crippen LogP contribution >= 0.6 is 0 Å². The normalized spacial score (nSPS) is 21.9. The van der Waals surface area contributed by atoms with E-state index in [2.05, 4.69) is 10.6 Å². The molecule has 1 aromatic rings. The van der Waals surface area contributed by atoms with Gasteiger partial charge in [0.15, 0.2) is 0 Å². The lowest BCUT2D eigenvalue weighted by atomic mass is 9.86. The summed E-state index contributed by atoms with van der Waals surface area (Å²) in [5.41, 5.74) is 0. The Labute approximate surface area is 141 Å². The van der Waals surface area contributed by atoms with Crippen molar-refractivity contribution in [2.24, 2.45) is 5.92 Å². The Morgan fingerprint density at radius 3 is 2.58 bits per heavy atom. The predicted molar refractivity (Wildman–Crippen MR) is 87.7 cm³/mol. The Kier molecular flexibility index (Phi) is 6.66. The van der Waals surface area contributed by atoms with Gasteiger partial charge in [-0.25, -0.2) is 4.79 Å². The number of urea groups is 1. The van der Waals surface area contributed by atoms with E-state index in [0.717, 1.165) is 5.76 Å². The van der Waals surface area contributed by atoms with E-state index in [9.17, 15) is 9.59 Å². The van der Waals surface area contributed by atoms with Gasteiger partial charge in [0.25, 0.3) is 0 Å². The second-order valence-corrected chi connectivity index (χ2v) is 6.29. The first-order valence-corrected chi connectivity index (χ1v) is 8.34. The Balaban J connectivity index is 1.85. The van der Waals surface area contributed by atoms with Crippen molar-refractivity contribution in [3.05, 3.63) is 23.7 Å². The second-order valence-electron chi connectivity index (χ2n) is 6.29. The van der Waals surface area contributed by atoms with E-state index >= 15 is 0 Å². The zero-order chi connectivity index (χ0) is 17.5. The first-order valence-electron chi connectivity index (χ1n) is 8.34. The summed E-state index contributed by atoms with van der Waals surface area (Å²) >= 11 is 0. The molecular weight excluding hydrogens is 312 g/mol. The SMILES string of the molecule is COCCC(NC(=O)NC1CCC(C(=O)O)CC1)c1ccc(C)o1. The van der Waals surface area contributed by atoms with Gasteiger partial charge in [-0.1, -0.05) is 0 Å². The number of carbonyl (C=O) groups is 2. The fourth-order valence-corrected chi connectivity index (χ4v) is 3.03. The Morgan fingerprint density at radius 2 is 2.04 bits per heavy atom. The van der Waals surface area contributed by atoms with E-state index in [1.807, 2.05) is 19.1 Å². The van der Waals surface area contributed by atoms with Crippen molar-refractivity contribution < 1.29 is 23.8 Å². The molecular formula is C17H26N2O5. The topological polar surface area (TPSA) is 101 Å². The van der Waals surface area contributed by atoms with Gasteiger partial charge in [-0.3, -0.25) is 4.79 Å². The van der Waals surface area contributed by atoms with Crippen molar-refractivity contribution in [2.45, 2.75) is 51.1 Å². The molecule has 134 valence electrons. The van der Waals surface area contributed by atoms with E-state index in [0.29, 0.717) is 44.5 Å². The first-order chi connectivity index (χ1) is 11.5. The van der Waals surface area contributed by atoms with Crippen LogP contribution in [-0.2, 0) is 9.53 Å². The van der Waals surface area contributed by atoms with Crippen LogP contribution < -0.4 is 10.6 Å². The maximum atomic E-state index is 12.3. The molecule has 1 fully saturated rings. The van der Waals surface area contributed by atoms with Crippen LogP contribution in [0, 0.1) is 12.8 Å². The summed E-state index contributed by atoms with van der Waals surface area (Å²) < 4.78 is 10.7. The van der Waals surface area contributed by atoms with Crippen molar-refractivity contribution in [1.82, 2.24) is 10.6 Å². The standard InChI is InChI=1S/C17H26N2O5/c1-11-3-8-15(24-11)14(9-10-23-2)19-17(22)18-13-6-4-12(5-7-13)16(20)21/h3,8,12-14H,4-7,9-10H2,1-2H3,(H,20,21)(H2,18,19,22). The fourth-order valence-electron chi connectivity index (χ4n) is 3.03. The highest BCUT2D eigenvalue weighted by Crippen LogP contribution is 2.25. The van der Waals surface area contributed by atoms with Gasteiger partial charge < -0.3 is 24.9 Å². The summed E-state index contributed by atoms with van der Waals surface area (Å²) in [5, 5.41) is 14.9. The van der Waals surface area contributed by atoms with E-state index in [1.165, 1.54) is 0 Å². The number of amides is 2. The van der Waals surface area contributed by atoms with Crippen molar-refractivity contribution in [3.8, 4) is 0 Å². The van der Waals surface area contributed by atoms with Crippen LogP contribution in [0.15, 0.2) is 16.5 Å². The lowest BCUT2D eigenvalue weighted by molar-refractivity contribution is -0.142. The van der Waals surface area contributed by atoms with Crippen LogP contribution in [0.2, 0.25) is 0 Å². The Bertz CT molecular complexity index is 549. The number of carboxylic acid groups (broad SMARTS) is 1. The number of hydrogen-bond donors (Lipinski definition) is 3. The van der Waals surface area contributed by atoms with Gasteiger partial charge >= 0.3 is 12.0 Å². The van der Waals surface area contributed by atoms with Crippen molar-refractivity contribution >= 4 is 12.0 Å². The average molecular weight is 338 g/mol. The maximum absolute atomic E-state index is 12.3. The highest BCUT2D eigenvalue weighted by molar-refractivity contribution is 5.75. The molecule has 0 saturated heterocycles. The number of methoxy groups -OCH3 is 1. The number of aliphatic carboxylic acids is 1. The van der Waals surface area contributed by atoms with Crippen molar-refractivity contribution in [2.75, 3.05) is 13.7 Å². The largest absolute Gasteiger partial charge is 0.481 e. The number of furan rings is 1. The minimum atomic E-state index is -0.745. The number of ether oxygens (including phenoxy) is 1. The monoisotopic (exact) mass is 338 g/mol. The van der Waals surface area contributed by atoms with E-state index in [-0.39, 0.29) is 24.0 Å². The molecule has 1 aliphatic rings. The molecule has 1 saturated carbocycles. The van der Waals surface area contributed by atoms with E-state index in [4.69, 9.17) is 14.3 Å². The van der Waals surface area contributed by atoms with Crippen LogP contribution in [0.1, 0.15) is 49.7 Å². The molecule has 0 bridgehead atoms. The lowest BCUT2D eigenvalue weighted by Crippen LogP contribution is -2.45. The Morgan fingerprint density at radius 1 is 1.33 bits per heavy atom. The van der Waals surface area contributed by atoms with Gasteiger partial charge in [0, 0.05) is 19.8 Å². The summed E-state index contributed by atoms with van der Waals surface area (Å²) in [6.07, 6.45) is 3.19. The van der Waals surface area contributed by atoms with Gasteiger partial charge in [0.1, 0.15) is 11.5 Å². The fraction of sp³-hybridized carbons (Fsp3) is 0.647. The molecule has 2 amide bonds. The first kappa shape index (κ1) is 18.3. The van der Waals surface area contributed by atoms with Crippen molar-refractivity contribution in [1.29, 1.82) is 0 Å². The molecule has 2 rings (SSSR count). The summed E-state index contributed by atoms with van der Waals surface area (Å²) in [6.45, 7) is 2.37.